The molecule has 9 heteroatoms. The Morgan fingerprint density at radius 2 is 1.71 bits per heavy atom. The maximum absolute atomic E-state index is 13.2. The van der Waals surface area contributed by atoms with Crippen LogP contribution < -0.4 is 5.43 Å². The van der Waals surface area contributed by atoms with Crippen LogP contribution in [0.5, 0.6) is 0 Å². The van der Waals surface area contributed by atoms with Gasteiger partial charge in [0, 0.05) is 18.0 Å². The van der Waals surface area contributed by atoms with E-state index in [0.29, 0.717) is 6.20 Å². The summed E-state index contributed by atoms with van der Waals surface area (Å²) in [6, 6.07) is 10.6. The van der Waals surface area contributed by atoms with E-state index in [4.69, 9.17) is 0 Å². The molecule has 0 saturated heterocycles. The number of rotatable bonds is 2. The smallest absolute Gasteiger partial charge is 0.287 e. The summed E-state index contributed by atoms with van der Waals surface area (Å²) in [5.74, 6) is -0.251. The summed E-state index contributed by atoms with van der Waals surface area (Å²) in [6.45, 7) is 0. The number of hydrogen-bond donors (Lipinski definition) is 0. The molecule has 0 aliphatic carbocycles. The predicted molar refractivity (Wildman–Crippen MR) is 93.3 cm³/mol. The molecule has 0 N–H and O–H groups in total. The monoisotopic (exact) mass is 386 g/mol. The summed E-state index contributed by atoms with van der Waals surface area (Å²) in [5.41, 5.74) is -1.74. The SMILES string of the molecule is O=c1c(-c2ccc(F)cc2)nn(-c2ccccn2)c2ncc(C(F)(F)F)cc12. The van der Waals surface area contributed by atoms with Gasteiger partial charge in [-0.2, -0.15) is 23.0 Å². The standard InChI is InChI=1S/C19H10F4N4O/c20-13-6-4-11(5-7-13)16-17(28)14-9-12(19(21,22)23)10-25-18(14)27(26-16)15-3-1-2-8-24-15/h1-10H. The third-order valence-corrected chi connectivity index (χ3v) is 4.04. The molecule has 4 aromatic rings. The zero-order chi connectivity index (χ0) is 19.9. The van der Waals surface area contributed by atoms with E-state index in [1.54, 1.807) is 18.2 Å². The van der Waals surface area contributed by atoms with Crippen molar-refractivity contribution in [1.29, 1.82) is 0 Å². The fourth-order valence-corrected chi connectivity index (χ4v) is 2.70. The van der Waals surface area contributed by atoms with Crippen LogP contribution in [-0.2, 0) is 6.18 Å². The molecular weight excluding hydrogens is 376 g/mol. The Morgan fingerprint density at radius 1 is 0.964 bits per heavy atom. The Labute approximate surface area is 154 Å². The van der Waals surface area contributed by atoms with Crippen LogP contribution in [0.2, 0.25) is 0 Å². The van der Waals surface area contributed by atoms with Gasteiger partial charge in [0.2, 0.25) is 5.43 Å². The molecule has 0 spiro atoms. The second-order valence-electron chi connectivity index (χ2n) is 5.88. The van der Waals surface area contributed by atoms with Crippen LogP contribution in [0.1, 0.15) is 5.56 Å². The van der Waals surface area contributed by atoms with Crippen molar-refractivity contribution in [2.75, 3.05) is 0 Å². The summed E-state index contributed by atoms with van der Waals surface area (Å²) in [7, 11) is 0. The van der Waals surface area contributed by atoms with Crippen LogP contribution in [0.3, 0.4) is 0 Å². The molecule has 140 valence electrons. The Balaban J connectivity index is 2.08. The van der Waals surface area contributed by atoms with E-state index in [9.17, 15) is 22.4 Å². The minimum absolute atomic E-state index is 0.0671. The van der Waals surface area contributed by atoms with Crippen molar-refractivity contribution >= 4 is 11.0 Å². The fraction of sp³-hybridized carbons (Fsp3) is 0.0526. The lowest BCUT2D eigenvalue weighted by molar-refractivity contribution is -0.137. The third kappa shape index (κ3) is 3.11. The van der Waals surface area contributed by atoms with Gasteiger partial charge in [0.05, 0.1) is 10.9 Å². The average molecular weight is 386 g/mol. The molecule has 5 nitrogen and oxygen atoms in total. The van der Waals surface area contributed by atoms with E-state index in [1.807, 2.05) is 0 Å². The van der Waals surface area contributed by atoms with E-state index >= 15 is 0 Å². The maximum atomic E-state index is 13.2. The second kappa shape index (κ2) is 6.52. The van der Waals surface area contributed by atoms with Crippen molar-refractivity contribution in [1.82, 2.24) is 19.7 Å². The molecule has 0 fully saturated rings. The fourth-order valence-electron chi connectivity index (χ4n) is 2.70. The Morgan fingerprint density at radius 3 is 2.36 bits per heavy atom. The molecule has 0 radical (unpaired) electrons. The highest BCUT2D eigenvalue weighted by Crippen LogP contribution is 2.30. The largest absolute Gasteiger partial charge is 0.417 e. The van der Waals surface area contributed by atoms with E-state index in [2.05, 4.69) is 15.1 Å². The van der Waals surface area contributed by atoms with Crippen molar-refractivity contribution in [3.63, 3.8) is 0 Å². The molecular formula is C19H10F4N4O. The second-order valence-corrected chi connectivity index (χ2v) is 5.88. The summed E-state index contributed by atoms with van der Waals surface area (Å²) in [4.78, 5) is 20.8. The zero-order valence-corrected chi connectivity index (χ0v) is 14.0. The number of halogens is 4. The highest BCUT2D eigenvalue weighted by Gasteiger charge is 2.32. The molecule has 4 rings (SSSR count). The van der Waals surface area contributed by atoms with Gasteiger partial charge in [-0.3, -0.25) is 4.79 Å². The number of alkyl halides is 3. The van der Waals surface area contributed by atoms with E-state index in [-0.39, 0.29) is 28.1 Å². The zero-order valence-electron chi connectivity index (χ0n) is 14.0. The first kappa shape index (κ1) is 17.8. The van der Waals surface area contributed by atoms with Crippen molar-refractivity contribution in [3.05, 3.63) is 82.5 Å². The Hall–Kier alpha value is -3.62. The van der Waals surface area contributed by atoms with Gasteiger partial charge < -0.3 is 0 Å². The van der Waals surface area contributed by atoms with Crippen LogP contribution in [0.4, 0.5) is 17.6 Å². The molecule has 28 heavy (non-hydrogen) atoms. The quantitative estimate of drug-likeness (QED) is 0.489. The highest BCUT2D eigenvalue weighted by molar-refractivity contribution is 5.81. The number of hydrogen-bond acceptors (Lipinski definition) is 4. The van der Waals surface area contributed by atoms with Crippen LogP contribution in [0.25, 0.3) is 28.1 Å². The predicted octanol–water partition coefficient (Wildman–Crippen LogP) is 4.00. The summed E-state index contributed by atoms with van der Waals surface area (Å²) in [6.07, 6.45) is -2.55. The van der Waals surface area contributed by atoms with Crippen LogP contribution in [0, 0.1) is 5.82 Å². The number of benzene rings is 1. The highest BCUT2D eigenvalue weighted by atomic mass is 19.4. The summed E-state index contributed by atoms with van der Waals surface area (Å²) < 4.78 is 53.8. The molecule has 1 aromatic carbocycles. The van der Waals surface area contributed by atoms with Crippen molar-refractivity contribution in [2.24, 2.45) is 0 Å². The number of aromatic nitrogens is 4. The molecule has 0 saturated carbocycles. The summed E-state index contributed by atoms with van der Waals surface area (Å²) in [5, 5.41) is 3.97. The van der Waals surface area contributed by atoms with Gasteiger partial charge in [0.25, 0.3) is 0 Å². The molecule has 0 atom stereocenters. The van der Waals surface area contributed by atoms with Gasteiger partial charge in [0.15, 0.2) is 11.5 Å². The molecule has 0 aliphatic heterocycles. The van der Waals surface area contributed by atoms with Crippen LogP contribution in [0.15, 0.2) is 65.7 Å². The lowest BCUT2D eigenvalue weighted by atomic mass is 10.1. The number of pyridine rings is 2. The molecule has 0 bridgehead atoms. The van der Waals surface area contributed by atoms with E-state index in [0.717, 1.165) is 18.2 Å². The minimum Gasteiger partial charge on any atom is -0.287 e. The lowest BCUT2D eigenvalue weighted by Crippen LogP contribution is -2.18. The lowest BCUT2D eigenvalue weighted by Gasteiger charge is -2.12. The van der Waals surface area contributed by atoms with Gasteiger partial charge in [-0.15, -0.1) is 0 Å². The molecule has 3 heterocycles. The van der Waals surface area contributed by atoms with Gasteiger partial charge in [0.1, 0.15) is 11.5 Å². The number of fused-ring (bicyclic) bond motifs is 1. The molecule has 3 aromatic heterocycles. The molecule has 0 amide bonds. The topological polar surface area (TPSA) is 60.7 Å². The normalized spacial score (nSPS) is 11.7. The minimum atomic E-state index is -4.66. The number of nitrogens with zero attached hydrogens (tertiary/aromatic N) is 4. The first-order valence-electron chi connectivity index (χ1n) is 8.02. The van der Waals surface area contributed by atoms with Crippen molar-refractivity contribution in [3.8, 4) is 17.1 Å². The van der Waals surface area contributed by atoms with Gasteiger partial charge in [-0.1, -0.05) is 6.07 Å². The first-order valence-corrected chi connectivity index (χ1v) is 8.02. The third-order valence-electron chi connectivity index (χ3n) is 4.04. The molecule has 0 unspecified atom stereocenters. The van der Waals surface area contributed by atoms with Crippen molar-refractivity contribution < 1.29 is 17.6 Å². The molecule has 0 aliphatic rings. The van der Waals surface area contributed by atoms with E-state index < -0.39 is 23.0 Å². The Kier molecular flexibility index (Phi) is 4.14. The van der Waals surface area contributed by atoms with Crippen LogP contribution in [-0.4, -0.2) is 19.7 Å². The maximum Gasteiger partial charge on any atom is 0.417 e. The van der Waals surface area contributed by atoms with Crippen molar-refractivity contribution in [2.45, 2.75) is 6.18 Å². The van der Waals surface area contributed by atoms with E-state index in [1.165, 1.54) is 23.0 Å². The average Bonchev–Trinajstić information content (AvgIpc) is 2.69. The summed E-state index contributed by atoms with van der Waals surface area (Å²) >= 11 is 0. The van der Waals surface area contributed by atoms with Gasteiger partial charge in [-0.05, 0) is 42.5 Å². The van der Waals surface area contributed by atoms with Gasteiger partial charge >= 0.3 is 6.18 Å². The van der Waals surface area contributed by atoms with Crippen LogP contribution >= 0.6 is 0 Å². The van der Waals surface area contributed by atoms with Gasteiger partial charge in [-0.25, -0.2) is 14.4 Å². The first-order chi connectivity index (χ1) is 13.3. The Bertz CT molecular complexity index is 1220.